The molecule has 0 amide bonds. The molecule has 0 unspecified atom stereocenters. The van der Waals surface area contributed by atoms with E-state index in [1.54, 1.807) is 0 Å². The molecule has 0 spiro atoms. The number of para-hydroxylation sites is 1. The Bertz CT molecular complexity index is 698. The molecule has 3 heteroatoms. The minimum Gasteiger partial charge on any atom is -0.382 e. The van der Waals surface area contributed by atoms with Gasteiger partial charge in [0, 0.05) is 5.39 Å². The molecule has 0 bridgehead atoms. The van der Waals surface area contributed by atoms with E-state index < -0.39 is 0 Å². The third kappa shape index (κ3) is 1.74. The monoisotopic (exact) mass is 237 g/mol. The van der Waals surface area contributed by atoms with Gasteiger partial charge in [-0.15, -0.1) is 0 Å². The molecule has 2 aromatic carbocycles. The molecule has 3 aromatic rings. The summed E-state index contributed by atoms with van der Waals surface area (Å²) in [5.41, 5.74) is 9.56. The standard InChI is InChI=1S/C15H15N3/c1-11-6-2-3-7-12(11)10-18-14-9-5-4-8-13(14)15(16)17-18/h2-9H,10H2,1H3,(H2,16,17). The van der Waals surface area contributed by atoms with Crippen LogP contribution in [0, 0.1) is 6.92 Å². The van der Waals surface area contributed by atoms with Crippen LogP contribution in [0.15, 0.2) is 48.5 Å². The van der Waals surface area contributed by atoms with Crippen LogP contribution in [-0.2, 0) is 6.54 Å². The minimum absolute atomic E-state index is 0.596. The summed E-state index contributed by atoms with van der Waals surface area (Å²) in [6, 6.07) is 16.4. The Hall–Kier alpha value is -2.29. The average molecular weight is 237 g/mol. The van der Waals surface area contributed by atoms with Gasteiger partial charge < -0.3 is 5.73 Å². The van der Waals surface area contributed by atoms with Gasteiger partial charge >= 0.3 is 0 Å². The molecule has 1 heterocycles. The Morgan fingerprint density at radius 3 is 2.61 bits per heavy atom. The number of fused-ring (bicyclic) bond motifs is 1. The Balaban J connectivity index is 2.08. The van der Waals surface area contributed by atoms with Gasteiger partial charge in [0.15, 0.2) is 5.82 Å². The van der Waals surface area contributed by atoms with Crippen molar-refractivity contribution in [3.63, 3.8) is 0 Å². The van der Waals surface area contributed by atoms with E-state index in [0.29, 0.717) is 5.82 Å². The molecule has 0 aliphatic heterocycles. The predicted molar refractivity (Wildman–Crippen MR) is 74.4 cm³/mol. The topological polar surface area (TPSA) is 43.8 Å². The summed E-state index contributed by atoms with van der Waals surface area (Å²) in [7, 11) is 0. The summed E-state index contributed by atoms with van der Waals surface area (Å²) >= 11 is 0. The highest BCUT2D eigenvalue weighted by Gasteiger charge is 2.08. The zero-order valence-corrected chi connectivity index (χ0v) is 10.3. The summed E-state index contributed by atoms with van der Waals surface area (Å²) < 4.78 is 1.97. The second kappa shape index (κ2) is 4.18. The van der Waals surface area contributed by atoms with Crippen molar-refractivity contribution in [1.82, 2.24) is 9.78 Å². The van der Waals surface area contributed by atoms with Gasteiger partial charge in [-0.2, -0.15) is 5.10 Å². The van der Waals surface area contributed by atoms with Crippen molar-refractivity contribution >= 4 is 16.7 Å². The van der Waals surface area contributed by atoms with Gasteiger partial charge in [0.1, 0.15) is 0 Å². The Kier molecular flexibility index (Phi) is 2.52. The molecule has 3 rings (SSSR count). The lowest BCUT2D eigenvalue weighted by Crippen LogP contribution is -2.03. The van der Waals surface area contributed by atoms with Crippen molar-refractivity contribution in [3.8, 4) is 0 Å². The molecular weight excluding hydrogens is 222 g/mol. The van der Waals surface area contributed by atoms with E-state index in [-0.39, 0.29) is 0 Å². The second-order valence-corrected chi connectivity index (χ2v) is 4.49. The number of hydrogen-bond donors (Lipinski definition) is 1. The number of nitrogen functional groups attached to an aromatic ring is 1. The summed E-state index contributed by atoms with van der Waals surface area (Å²) in [5, 5.41) is 5.44. The number of nitrogens with zero attached hydrogens (tertiary/aromatic N) is 2. The van der Waals surface area contributed by atoms with Crippen LogP contribution in [0.1, 0.15) is 11.1 Å². The van der Waals surface area contributed by atoms with Gasteiger partial charge in [-0.3, -0.25) is 4.68 Å². The largest absolute Gasteiger partial charge is 0.382 e. The molecule has 0 saturated carbocycles. The summed E-state index contributed by atoms with van der Waals surface area (Å²) in [5.74, 6) is 0.596. The fourth-order valence-electron chi connectivity index (χ4n) is 2.22. The molecule has 0 aliphatic rings. The van der Waals surface area contributed by atoms with Crippen LogP contribution in [0.5, 0.6) is 0 Å². The molecule has 0 fully saturated rings. The van der Waals surface area contributed by atoms with Gasteiger partial charge in [0.25, 0.3) is 0 Å². The highest BCUT2D eigenvalue weighted by Crippen LogP contribution is 2.21. The highest BCUT2D eigenvalue weighted by molar-refractivity contribution is 5.89. The number of hydrogen-bond acceptors (Lipinski definition) is 2. The number of rotatable bonds is 2. The van der Waals surface area contributed by atoms with E-state index in [0.717, 1.165) is 17.4 Å². The Morgan fingerprint density at radius 1 is 1.06 bits per heavy atom. The summed E-state index contributed by atoms with van der Waals surface area (Å²) in [6.45, 7) is 2.87. The normalized spacial score (nSPS) is 10.9. The number of aryl methyl sites for hydroxylation is 1. The van der Waals surface area contributed by atoms with Crippen molar-refractivity contribution in [3.05, 3.63) is 59.7 Å². The molecule has 0 atom stereocenters. The number of anilines is 1. The number of nitrogens with two attached hydrogens (primary N) is 1. The van der Waals surface area contributed by atoms with Gasteiger partial charge in [0.05, 0.1) is 12.1 Å². The maximum Gasteiger partial charge on any atom is 0.153 e. The van der Waals surface area contributed by atoms with Crippen molar-refractivity contribution < 1.29 is 0 Å². The smallest absolute Gasteiger partial charge is 0.153 e. The highest BCUT2D eigenvalue weighted by atomic mass is 15.3. The molecule has 1 aromatic heterocycles. The number of aromatic nitrogens is 2. The van der Waals surface area contributed by atoms with Crippen molar-refractivity contribution in [2.45, 2.75) is 13.5 Å². The zero-order chi connectivity index (χ0) is 12.5. The van der Waals surface area contributed by atoms with E-state index in [9.17, 15) is 0 Å². The Labute approximate surface area is 106 Å². The van der Waals surface area contributed by atoms with Crippen LogP contribution in [0.2, 0.25) is 0 Å². The van der Waals surface area contributed by atoms with Gasteiger partial charge in [0.2, 0.25) is 0 Å². The van der Waals surface area contributed by atoms with Crippen LogP contribution >= 0.6 is 0 Å². The lowest BCUT2D eigenvalue weighted by Gasteiger charge is -2.06. The number of benzene rings is 2. The maximum atomic E-state index is 5.94. The lowest BCUT2D eigenvalue weighted by molar-refractivity contribution is 0.713. The first-order valence-corrected chi connectivity index (χ1v) is 6.01. The lowest BCUT2D eigenvalue weighted by atomic mass is 10.1. The van der Waals surface area contributed by atoms with Crippen LogP contribution in [-0.4, -0.2) is 9.78 Å². The second-order valence-electron chi connectivity index (χ2n) is 4.49. The fourth-order valence-corrected chi connectivity index (χ4v) is 2.22. The van der Waals surface area contributed by atoms with Crippen LogP contribution < -0.4 is 5.73 Å². The summed E-state index contributed by atoms with van der Waals surface area (Å²) in [6.07, 6.45) is 0. The third-order valence-corrected chi connectivity index (χ3v) is 3.27. The average Bonchev–Trinajstić information content (AvgIpc) is 2.70. The minimum atomic E-state index is 0.596. The maximum absolute atomic E-state index is 5.94. The first kappa shape index (κ1) is 10.8. The van der Waals surface area contributed by atoms with Crippen molar-refractivity contribution in [2.75, 3.05) is 5.73 Å². The molecule has 2 N–H and O–H groups in total. The van der Waals surface area contributed by atoms with Crippen molar-refractivity contribution in [1.29, 1.82) is 0 Å². The zero-order valence-electron chi connectivity index (χ0n) is 10.3. The van der Waals surface area contributed by atoms with Crippen LogP contribution in [0.4, 0.5) is 5.82 Å². The van der Waals surface area contributed by atoms with E-state index in [4.69, 9.17) is 5.73 Å². The predicted octanol–water partition coefficient (Wildman–Crippen LogP) is 2.98. The molecule has 0 saturated heterocycles. The van der Waals surface area contributed by atoms with Crippen LogP contribution in [0.25, 0.3) is 10.9 Å². The molecule has 0 radical (unpaired) electrons. The first-order valence-electron chi connectivity index (χ1n) is 6.01. The quantitative estimate of drug-likeness (QED) is 0.744. The fraction of sp³-hybridized carbons (Fsp3) is 0.133. The van der Waals surface area contributed by atoms with Gasteiger partial charge in [-0.05, 0) is 30.2 Å². The van der Waals surface area contributed by atoms with E-state index >= 15 is 0 Å². The van der Waals surface area contributed by atoms with E-state index in [1.165, 1.54) is 11.1 Å². The van der Waals surface area contributed by atoms with Gasteiger partial charge in [-0.1, -0.05) is 36.4 Å². The Morgan fingerprint density at radius 2 is 1.78 bits per heavy atom. The van der Waals surface area contributed by atoms with Gasteiger partial charge in [-0.25, -0.2) is 0 Å². The molecular formula is C15H15N3. The molecule has 90 valence electrons. The van der Waals surface area contributed by atoms with Crippen LogP contribution in [0.3, 0.4) is 0 Å². The molecule has 18 heavy (non-hydrogen) atoms. The first-order chi connectivity index (χ1) is 8.75. The van der Waals surface area contributed by atoms with E-state index in [2.05, 4.69) is 36.3 Å². The third-order valence-electron chi connectivity index (χ3n) is 3.27. The SMILES string of the molecule is Cc1ccccc1Cn1nc(N)c2ccccc21. The molecule has 3 nitrogen and oxygen atoms in total. The van der Waals surface area contributed by atoms with Crippen molar-refractivity contribution in [2.24, 2.45) is 0 Å². The molecule has 0 aliphatic carbocycles. The van der Waals surface area contributed by atoms with E-state index in [1.807, 2.05) is 28.9 Å². The summed E-state index contributed by atoms with van der Waals surface area (Å²) in [4.78, 5) is 0.